The molecule has 0 bridgehead atoms. The van der Waals surface area contributed by atoms with E-state index < -0.39 is 0 Å². The summed E-state index contributed by atoms with van der Waals surface area (Å²) < 4.78 is 5.38. The fourth-order valence-corrected chi connectivity index (χ4v) is 5.55. The topological polar surface area (TPSA) is 86.8 Å². The molecule has 2 aromatic rings. The summed E-state index contributed by atoms with van der Waals surface area (Å²) >= 11 is 0. The Balaban J connectivity index is 1.33. The van der Waals surface area contributed by atoms with Gasteiger partial charge < -0.3 is 15.0 Å². The van der Waals surface area contributed by atoms with E-state index in [-0.39, 0.29) is 35.9 Å². The van der Waals surface area contributed by atoms with E-state index in [0.29, 0.717) is 19.5 Å². The van der Waals surface area contributed by atoms with Gasteiger partial charge in [0.05, 0.1) is 7.11 Å². The first kappa shape index (κ1) is 21.9. The summed E-state index contributed by atoms with van der Waals surface area (Å²) in [5.41, 5.74) is 5.52. The third-order valence-corrected chi connectivity index (χ3v) is 7.23. The second-order valence-electron chi connectivity index (χ2n) is 9.16. The van der Waals surface area contributed by atoms with Crippen molar-refractivity contribution in [1.82, 2.24) is 25.6 Å². The molecule has 1 saturated carbocycles. The van der Waals surface area contributed by atoms with E-state index >= 15 is 0 Å². The Bertz CT molecular complexity index is 1000. The second kappa shape index (κ2) is 9.49. The molecule has 8 heteroatoms. The molecule has 1 aromatic carbocycles. The number of benzene rings is 1. The highest BCUT2D eigenvalue weighted by molar-refractivity contribution is 5.84. The van der Waals surface area contributed by atoms with E-state index in [4.69, 9.17) is 4.74 Å². The summed E-state index contributed by atoms with van der Waals surface area (Å²) in [5.74, 6) is 0.903. The summed E-state index contributed by atoms with van der Waals surface area (Å²) in [6.07, 6.45) is 6.69. The molecule has 2 aliphatic heterocycles. The number of nitrogens with zero attached hydrogens (tertiary/aromatic N) is 3. The van der Waals surface area contributed by atoms with Gasteiger partial charge in [0.15, 0.2) is 0 Å². The molecule has 4 atom stereocenters. The normalized spacial score (nSPS) is 27.1. The molecule has 2 saturated heterocycles. The third-order valence-electron chi connectivity index (χ3n) is 7.23. The van der Waals surface area contributed by atoms with Crippen molar-refractivity contribution in [3.05, 3.63) is 59.9 Å². The fraction of sp³-hybridized carbons (Fsp3) is 0.480. The Hall–Kier alpha value is -2.97. The summed E-state index contributed by atoms with van der Waals surface area (Å²) in [5, 5.41) is 5.27. The van der Waals surface area contributed by atoms with Gasteiger partial charge in [0.25, 0.3) is 0 Å². The number of carbonyl (C=O) groups is 2. The SMILES string of the molecule is COc1cccc(CN2C(=O)C3CCNN3C3CCC(C(=O)NCc4ccncc4)CC32)c1. The molecule has 3 fully saturated rings. The Morgan fingerprint density at radius 2 is 2.00 bits per heavy atom. The van der Waals surface area contributed by atoms with Crippen molar-refractivity contribution in [1.29, 1.82) is 0 Å². The first-order valence-electron chi connectivity index (χ1n) is 11.8. The van der Waals surface area contributed by atoms with E-state index in [9.17, 15) is 9.59 Å². The molecule has 0 spiro atoms. The molecule has 2 amide bonds. The molecule has 33 heavy (non-hydrogen) atoms. The van der Waals surface area contributed by atoms with Gasteiger partial charge >= 0.3 is 0 Å². The van der Waals surface area contributed by atoms with E-state index in [1.807, 2.05) is 41.3 Å². The van der Waals surface area contributed by atoms with Crippen LogP contribution >= 0.6 is 0 Å². The number of carbonyl (C=O) groups excluding carboxylic acids is 2. The highest BCUT2D eigenvalue weighted by Gasteiger charge is 2.51. The first-order valence-corrected chi connectivity index (χ1v) is 11.8. The molecule has 4 unspecified atom stereocenters. The number of amides is 2. The van der Waals surface area contributed by atoms with Crippen molar-refractivity contribution in [3.63, 3.8) is 0 Å². The van der Waals surface area contributed by atoms with Crippen molar-refractivity contribution < 1.29 is 14.3 Å². The molecule has 1 aromatic heterocycles. The van der Waals surface area contributed by atoms with Crippen LogP contribution in [0.3, 0.4) is 0 Å². The standard InChI is InChI=1S/C25H31N5O3/c1-33-20-4-2-3-18(13-20)16-29-23-14-19(24(31)27-15-17-7-10-26-11-8-17)5-6-21(23)30-22(25(29)32)9-12-28-30/h2-4,7-8,10-11,13,19,21-23,28H,5-6,9,12,14-16H2,1H3,(H,27,31). The minimum absolute atomic E-state index is 0.00373. The Kier molecular flexibility index (Phi) is 6.28. The minimum Gasteiger partial charge on any atom is -0.497 e. The Morgan fingerprint density at radius 1 is 1.15 bits per heavy atom. The van der Waals surface area contributed by atoms with Crippen LogP contribution in [-0.2, 0) is 22.7 Å². The maximum absolute atomic E-state index is 13.5. The number of pyridine rings is 1. The van der Waals surface area contributed by atoms with Crippen molar-refractivity contribution >= 4 is 11.8 Å². The molecule has 0 radical (unpaired) electrons. The molecular formula is C25H31N5O3. The van der Waals surface area contributed by atoms with Crippen LogP contribution in [0.25, 0.3) is 0 Å². The van der Waals surface area contributed by atoms with Gasteiger partial charge in [-0.2, -0.15) is 0 Å². The van der Waals surface area contributed by atoms with Crippen LogP contribution in [0, 0.1) is 5.92 Å². The predicted molar refractivity (Wildman–Crippen MR) is 123 cm³/mol. The largest absolute Gasteiger partial charge is 0.497 e. The van der Waals surface area contributed by atoms with Crippen LogP contribution in [0.5, 0.6) is 5.75 Å². The van der Waals surface area contributed by atoms with Crippen LogP contribution < -0.4 is 15.5 Å². The predicted octanol–water partition coefficient (Wildman–Crippen LogP) is 1.87. The molecule has 3 heterocycles. The zero-order chi connectivity index (χ0) is 22.8. The first-order chi connectivity index (χ1) is 16.1. The average Bonchev–Trinajstić information content (AvgIpc) is 3.36. The fourth-order valence-electron chi connectivity index (χ4n) is 5.55. The van der Waals surface area contributed by atoms with E-state index in [0.717, 1.165) is 42.7 Å². The van der Waals surface area contributed by atoms with Crippen molar-refractivity contribution in [2.75, 3.05) is 13.7 Å². The van der Waals surface area contributed by atoms with Crippen LogP contribution in [-0.4, -0.2) is 58.5 Å². The van der Waals surface area contributed by atoms with Gasteiger partial charge in [0.1, 0.15) is 11.8 Å². The van der Waals surface area contributed by atoms with Crippen molar-refractivity contribution in [2.24, 2.45) is 5.92 Å². The molecule has 3 aliphatic rings. The quantitative estimate of drug-likeness (QED) is 0.700. The lowest BCUT2D eigenvalue weighted by atomic mass is 9.78. The highest BCUT2D eigenvalue weighted by Crippen LogP contribution is 2.38. The van der Waals surface area contributed by atoms with Gasteiger partial charge in [-0.25, -0.2) is 5.01 Å². The van der Waals surface area contributed by atoms with E-state index in [1.54, 1.807) is 19.5 Å². The Labute approximate surface area is 194 Å². The molecule has 174 valence electrons. The van der Waals surface area contributed by atoms with E-state index in [2.05, 4.69) is 20.7 Å². The number of rotatable bonds is 6. The third kappa shape index (κ3) is 4.45. The number of piperazine rings is 1. The smallest absolute Gasteiger partial charge is 0.242 e. The van der Waals surface area contributed by atoms with Gasteiger partial charge in [-0.3, -0.25) is 20.0 Å². The minimum atomic E-state index is -0.117. The Morgan fingerprint density at radius 3 is 2.82 bits per heavy atom. The zero-order valence-electron chi connectivity index (χ0n) is 18.9. The number of methoxy groups -OCH3 is 1. The number of hydrogen-bond acceptors (Lipinski definition) is 6. The monoisotopic (exact) mass is 449 g/mol. The second-order valence-corrected chi connectivity index (χ2v) is 9.16. The lowest BCUT2D eigenvalue weighted by Gasteiger charge is -2.51. The number of hydrogen-bond donors (Lipinski definition) is 2. The van der Waals surface area contributed by atoms with Gasteiger partial charge in [0, 0.05) is 50.0 Å². The van der Waals surface area contributed by atoms with Crippen LogP contribution in [0.2, 0.25) is 0 Å². The van der Waals surface area contributed by atoms with Gasteiger partial charge in [-0.1, -0.05) is 12.1 Å². The number of nitrogens with one attached hydrogen (secondary N) is 2. The summed E-state index contributed by atoms with van der Waals surface area (Å²) in [4.78, 5) is 32.6. The molecule has 5 rings (SSSR count). The summed E-state index contributed by atoms with van der Waals surface area (Å²) in [6.45, 7) is 1.85. The number of fused-ring (bicyclic) bond motifs is 3. The summed E-state index contributed by atoms with van der Waals surface area (Å²) in [7, 11) is 1.65. The van der Waals surface area contributed by atoms with E-state index in [1.165, 1.54) is 0 Å². The number of hydrazine groups is 1. The molecule has 8 nitrogen and oxygen atoms in total. The number of ether oxygens (including phenoxy) is 1. The maximum atomic E-state index is 13.5. The molecule has 2 N–H and O–H groups in total. The molecular weight excluding hydrogens is 418 g/mol. The zero-order valence-corrected chi connectivity index (χ0v) is 18.9. The maximum Gasteiger partial charge on any atom is 0.242 e. The van der Waals surface area contributed by atoms with Crippen LogP contribution in [0.15, 0.2) is 48.8 Å². The average molecular weight is 450 g/mol. The van der Waals surface area contributed by atoms with Crippen LogP contribution in [0.4, 0.5) is 0 Å². The lowest BCUT2D eigenvalue weighted by molar-refractivity contribution is -0.157. The van der Waals surface area contributed by atoms with Gasteiger partial charge in [-0.15, -0.1) is 0 Å². The van der Waals surface area contributed by atoms with Gasteiger partial charge in [-0.05, 0) is 61.1 Å². The van der Waals surface area contributed by atoms with Crippen molar-refractivity contribution in [3.8, 4) is 5.75 Å². The van der Waals surface area contributed by atoms with Gasteiger partial charge in [0.2, 0.25) is 11.8 Å². The highest BCUT2D eigenvalue weighted by atomic mass is 16.5. The van der Waals surface area contributed by atoms with Crippen LogP contribution in [0.1, 0.15) is 36.8 Å². The summed E-state index contributed by atoms with van der Waals surface area (Å²) in [6, 6.07) is 11.8. The number of aromatic nitrogens is 1. The molecule has 1 aliphatic carbocycles. The van der Waals surface area contributed by atoms with Crippen molar-refractivity contribution in [2.45, 2.75) is 56.9 Å². The lowest BCUT2D eigenvalue weighted by Crippen LogP contribution is -2.68.